The SMILES string of the molecule is CN1C(=O)C(=Cc2cc(I)c(O)c([N+](=O)[O-])c2)C(=O)N(C)C1=O. The average Bonchev–Trinajstić information content (AvgIpc) is 2.50. The molecule has 1 aliphatic heterocycles. The largest absolute Gasteiger partial charge is 0.501 e. The van der Waals surface area contributed by atoms with Crippen LogP contribution >= 0.6 is 22.6 Å². The number of amides is 4. The van der Waals surface area contributed by atoms with E-state index in [9.17, 15) is 29.6 Å². The van der Waals surface area contributed by atoms with Crippen LogP contribution in [0, 0.1) is 13.7 Å². The highest BCUT2D eigenvalue weighted by molar-refractivity contribution is 14.1. The van der Waals surface area contributed by atoms with Crippen LogP contribution in [0.1, 0.15) is 5.56 Å². The van der Waals surface area contributed by atoms with Crippen molar-refractivity contribution in [2.75, 3.05) is 14.1 Å². The number of hydrogen-bond acceptors (Lipinski definition) is 6. The van der Waals surface area contributed by atoms with Gasteiger partial charge in [-0.2, -0.15) is 0 Å². The van der Waals surface area contributed by atoms with Gasteiger partial charge in [-0.15, -0.1) is 0 Å². The minimum absolute atomic E-state index is 0.187. The topological polar surface area (TPSA) is 121 Å². The van der Waals surface area contributed by atoms with E-state index in [0.29, 0.717) is 0 Å². The van der Waals surface area contributed by atoms with E-state index in [1.54, 1.807) is 22.6 Å². The molecule has 1 saturated heterocycles. The molecule has 0 aromatic heterocycles. The molecule has 0 atom stereocenters. The molecule has 23 heavy (non-hydrogen) atoms. The molecule has 0 bridgehead atoms. The van der Waals surface area contributed by atoms with Crippen molar-refractivity contribution in [2.24, 2.45) is 0 Å². The number of barbiturate groups is 1. The highest BCUT2D eigenvalue weighted by Crippen LogP contribution is 2.33. The lowest BCUT2D eigenvalue weighted by Crippen LogP contribution is -2.52. The molecular weight excluding hydrogens is 421 g/mol. The van der Waals surface area contributed by atoms with E-state index in [-0.39, 0.29) is 14.7 Å². The van der Waals surface area contributed by atoms with Gasteiger partial charge in [0.25, 0.3) is 11.8 Å². The number of imide groups is 2. The number of nitro benzene ring substituents is 1. The predicted molar refractivity (Wildman–Crippen MR) is 86.4 cm³/mol. The van der Waals surface area contributed by atoms with Gasteiger partial charge in [0.15, 0.2) is 0 Å². The van der Waals surface area contributed by atoms with Crippen LogP contribution in [-0.4, -0.2) is 51.8 Å². The fourth-order valence-electron chi connectivity index (χ4n) is 1.97. The second kappa shape index (κ2) is 5.95. The Kier molecular flexibility index (Phi) is 4.36. The van der Waals surface area contributed by atoms with E-state index >= 15 is 0 Å². The fourth-order valence-corrected chi connectivity index (χ4v) is 2.61. The third-order valence-electron chi connectivity index (χ3n) is 3.22. The van der Waals surface area contributed by atoms with Crippen LogP contribution in [0.5, 0.6) is 5.75 Å². The number of nitrogens with zero attached hydrogens (tertiary/aromatic N) is 3. The molecule has 1 aromatic rings. The molecule has 1 N–H and O–H groups in total. The molecule has 4 amide bonds. The molecule has 120 valence electrons. The summed E-state index contributed by atoms with van der Waals surface area (Å²) in [5.74, 6) is -2.10. The van der Waals surface area contributed by atoms with Crippen LogP contribution in [0.2, 0.25) is 0 Å². The third-order valence-corrected chi connectivity index (χ3v) is 4.04. The minimum Gasteiger partial charge on any atom is -0.501 e. The molecular formula is C13H10IN3O6. The Hall–Kier alpha value is -2.50. The van der Waals surface area contributed by atoms with Crippen LogP contribution < -0.4 is 0 Å². The highest BCUT2D eigenvalue weighted by atomic mass is 127. The van der Waals surface area contributed by atoms with Gasteiger partial charge in [-0.1, -0.05) is 0 Å². The Balaban J connectivity index is 2.57. The molecule has 9 nitrogen and oxygen atoms in total. The summed E-state index contributed by atoms with van der Waals surface area (Å²) in [6.45, 7) is 0. The Labute approximate surface area is 143 Å². The van der Waals surface area contributed by atoms with Crippen LogP contribution in [0.4, 0.5) is 10.5 Å². The Bertz CT molecular complexity index is 762. The van der Waals surface area contributed by atoms with Crippen molar-refractivity contribution in [3.05, 3.63) is 37.0 Å². The number of carbonyl (C=O) groups is 3. The van der Waals surface area contributed by atoms with Gasteiger partial charge in [-0.05, 0) is 40.3 Å². The van der Waals surface area contributed by atoms with E-state index < -0.39 is 34.2 Å². The number of carbonyl (C=O) groups excluding carboxylic acids is 3. The number of urea groups is 1. The van der Waals surface area contributed by atoms with Crippen LogP contribution in [0.15, 0.2) is 17.7 Å². The number of halogens is 1. The molecule has 10 heteroatoms. The van der Waals surface area contributed by atoms with E-state index in [1.807, 2.05) is 0 Å². The zero-order valence-corrected chi connectivity index (χ0v) is 14.1. The maximum absolute atomic E-state index is 12.1. The van der Waals surface area contributed by atoms with E-state index in [0.717, 1.165) is 21.9 Å². The van der Waals surface area contributed by atoms with Gasteiger partial charge in [-0.25, -0.2) is 4.79 Å². The monoisotopic (exact) mass is 431 g/mol. The summed E-state index contributed by atoms with van der Waals surface area (Å²) < 4.78 is 0.192. The first-order valence-electron chi connectivity index (χ1n) is 6.13. The van der Waals surface area contributed by atoms with Gasteiger partial charge >= 0.3 is 11.7 Å². The summed E-state index contributed by atoms with van der Waals surface area (Å²) >= 11 is 1.70. The Morgan fingerprint density at radius 3 is 2.17 bits per heavy atom. The second-order valence-corrected chi connectivity index (χ2v) is 5.86. The van der Waals surface area contributed by atoms with Gasteiger partial charge < -0.3 is 5.11 Å². The molecule has 1 aromatic carbocycles. The van der Waals surface area contributed by atoms with Crippen LogP contribution in [0.3, 0.4) is 0 Å². The normalized spacial score (nSPS) is 15.3. The number of aromatic hydroxyl groups is 1. The summed E-state index contributed by atoms with van der Waals surface area (Å²) in [4.78, 5) is 47.5. The smallest absolute Gasteiger partial charge is 0.333 e. The second-order valence-electron chi connectivity index (χ2n) is 4.70. The average molecular weight is 431 g/mol. The number of rotatable bonds is 2. The van der Waals surface area contributed by atoms with Crippen molar-refractivity contribution >= 4 is 52.2 Å². The van der Waals surface area contributed by atoms with Gasteiger partial charge in [0, 0.05) is 20.2 Å². The number of hydrogen-bond donors (Lipinski definition) is 1. The lowest BCUT2D eigenvalue weighted by molar-refractivity contribution is -0.386. The number of benzene rings is 1. The van der Waals surface area contributed by atoms with E-state index in [2.05, 4.69) is 0 Å². The number of phenols is 1. The summed E-state index contributed by atoms with van der Waals surface area (Å²) in [5, 5.41) is 20.6. The number of phenolic OH excluding ortho intramolecular Hbond substituents is 1. The van der Waals surface area contributed by atoms with E-state index in [4.69, 9.17) is 0 Å². The van der Waals surface area contributed by atoms with Crippen LogP contribution in [-0.2, 0) is 9.59 Å². The van der Waals surface area contributed by atoms with Crippen molar-refractivity contribution < 1.29 is 24.4 Å². The summed E-state index contributed by atoms with van der Waals surface area (Å²) in [5.41, 5.74) is -0.658. The van der Waals surface area contributed by atoms with Crippen molar-refractivity contribution in [2.45, 2.75) is 0 Å². The van der Waals surface area contributed by atoms with Crippen LogP contribution in [0.25, 0.3) is 6.08 Å². The summed E-state index contributed by atoms with van der Waals surface area (Å²) in [6, 6.07) is 1.66. The summed E-state index contributed by atoms with van der Waals surface area (Å²) in [6.07, 6.45) is 1.15. The molecule has 2 rings (SSSR count). The fraction of sp³-hybridized carbons (Fsp3) is 0.154. The number of nitro groups is 1. The van der Waals surface area contributed by atoms with Crippen molar-refractivity contribution in [1.82, 2.24) is 9.80 Å². The molecule has 0 unspecified atom stereocenters. The molecule has 0 radical (unpaired) electrons. The Morgan fingerprint density at radius 1 is 1.17 bits per heavy atom. The van der Waals surface area contributed by atoms with Crippen molar-refractivity contribution in [3.63, 3.8) is 0 Å². The Morgan fingerprint density at radius 2 is 1.70 bits per heavy atom. The zero-order chi connectivity index (χ0) is 17.5. The van der Waals surface area contributed by atoms with Gasteiger partial charge in [0.05, 0.1) is 8.49 Å². The lowest BCUT2D eigenvalue weighted by Gasteiger charge is -2.28. The first-order valence-corrected chi connectivity index (χ1v) is 7.21. The molecule has 1 fully saturated rings. The first-order chi connectivity index (χ1) is 10.6. The lowest BCUT2D eigenvalue weighted by atomic mass is 10.1. The predicted octanol–water partition coefficient (Wildman–Crippen LogP) is 1.34. The standard InChI is InChI=1S/C13H10IN3O6/c1-15-11(19)7(12(20)16(2)13(15)21)3-6-4-8(14)10(18)9(5-6)17(22)23/h3-5,18H,1-2H3. The first kappa shape index (κ1) is 16.9. The van der Waals surface area contributed by atoms with Crippen molar-refractivity contribution in [1.29, 1.82) is 0 Å². The molecule has 1 aliphatic rings. The maximum Gasteiger partial charge on any atom is 0.333 e. The summed E-state index contributed by atoms with van der Waals surface area (Å²) in [7, 11) is 2.45. The minimum atomic E-state index is -0.802. The quantitative estimate of drug-likeness (QED) is 0.248. The highest BCUT2D eigenvalue weighted by Gasteiger charge is 2.37. The maximum atomic E-state index is 12.1. The molecule has 0 aliphatic carbocycles. The number of likely N-dealkylation sites (N-methyl/N-ethyl adjacent to an activating group) is 2. The van der Waals surface area contributed by atoms with Gasteiger partial charge in [0.1, 0.15) is 5.57 Å². The third kappa shape index (κ3) is 2.88. The molecule has 0 spiro atoms. The van der Waals surface area contributed by atoms with Gasteiger partial charge in [-0.3, -0.25) is 29.5 Å². The van der Waals surface area contributed by atoms with Crippen molar-refractivity contribution in [3.8, 4) is 5.75 Å². The molecule has 0 saturated carbocycles. The van der Waals surface area contributed by atoms with E-state index in [1.165, 1.54) is 20.2 Å². The van der Waals surface area contributed by atoms with Gasteiger partial charge in [0.2, 0.25) is 5.75 Å². The molecule has 1 heterocycles. The zero-order valence-electron chi connectivity index (χ0n) is 11.9.